The average Bonchev–Trinajstić information content (AvgIpc) is 2.45. The van der Waals surface area contributed by atoms with Crippen LogP contribution in [0.4, 0.5) is 0 Å². The van der Waals surface area contributed by atoms with Gasteiger partial charge < -0.3 is 0 Å². The van der Waals surface area contributed by atoms with Crippen LogP contribution in [0.5, 0.6) is 0 Å². The van der Waals surface area contributed by atoms with Crippen molar-refractivity contribution in [1.82, 2.24) is 4.72 Å². The van der Waals surface area contributed by atoms with Crippen LogP contribution in [0.1, 0.15) is 71.1 Å². The van der Waals surface area contributed by atoms with E-state index in [0.29, 0.717) is 18.6 Å². The van der Waals surface area contributed by atoms with E-state index in [1.54, 1.807) is 0 Å². The summed E-state index contributed by atoms with van der Waals surface area (Å²) in [5, 5.41) is 10.9. The van der Waals surface area contributed by atoms with E-state index in [9.17, 15) is 8.42 Å². The number of hydrogen-bond acceptors (Lipinski definition) is 6. The van der Waals surface area contributed by atoms with Gasteiger partial charge >= 0.3 is 0 Å². The third-order valence-corrected chi connectivity index (χ3v) is 5.56. The zero-order valence-corrected chi connectivity index (χ0v) is 14.5. The van der Waals surface area contributed by atoms with Gasteiger partial charge in [0.25, 0.3) is 0 Å². The Hall–Kier alpha value is 0.140. The topological polar surface area (TPSA) is 84.9 Å². The molecule has 0 rings (SSSR count). The van der Waals surface area contributed by atoms with E-state index >= 15 is 0 Å². The maximum absolute atomic E-state index is 11.4. The van der Waals surface area contributed by atoms with Crippen LogP contribution in [-0.4, -0.2) is 25.3 Å². The molecular weight excluding hydrogens is 314 g/mol. The Bertz CT molecular complexity index is 312. The third-order valence-electron chi connectivity index (χ3n) is 3.13. The van der Waals surface area contributed by atoms with Gasteiger partial charge in [-0.3, -0.25) is 0 Å². The van der Waals surface area contributed by atoms with Crippen LogP contribution >= 0.6 is 12.0 Å². The minimum Gasteiger partial charge on any atom is -0.220 e. The number of sulfonamides is 1. The predicted molar refractivity (Wildman–Crippen MR) is 86.0 cm³/mol. The van der Waals surface area contributed by atoms with Crippen LogP contribution in [0.15, 0.2) is 0 Å². The predicted octanol–water partition coefficient (Wildman–Crippen LogP) is 3.85. The van der Waals surface area contributed by atoms with Crippen molar-refractivity contribution in [2.45, 2.75) is 71.1 Å². The molecule has 0 unspecified atom stereocenters. The van der Waals surface area contributed by atoms with E-state index in [-0.39, 0.29) is 5.08 Å². The molecule has 21 heavy (non-hydrogen) atoms. The van der Waals surface area contributed by atoms with Crippen LogP contribution in [0.3, 0.4) is 0 Å². The number of rotatable bonds is 16. The highest BCUT2D eigenvalue weighted by atomic mass is 32.3. The van der Waals surface area contributed by atoms with Gasteiger partial charge in [0.2, 0.25) is 10.0 Å². The Balaban J connectivity index is 3.28. The quantitative estimate of drug-likeness (QED) is 0.192. The Labute approximate surface area is 133 Å². The molecule has 0 aliphatic carbocycles. The molecule has 0 bridgehead atoms. The molecule has 2 N–H and O–H groups in total. The summed E-state index contributed by atoms with van der Waals surface area (Å²) in [5.74, 6) is 0. The van der Waals surface area contributed by atoms with Crippen LogP contribution in [0.2, 0.25) is 0 Å². The van der Waals surface area contributed by atoms with Crippen molar-refractivity contribution in [3.05, 3.63) is 0 Å². The van der Waals surface area contributed by atoms with Crippen molar-refractivity contribution < 1.29 is 23.0 Å². The molecule has 0 saturated heterocycles. The lowest BCUT2D eigenvalue weighted by Gasteiger charge is -2.05. The smallest absolute Gasteiger partial charge is 0.220 e. The van der Waals surface area contributed by atoms with E-state index in [4.69, 9.17) is 5.26 Å². The summed E-state index contributed by atoms with van der Waals surface area (Å²) in [6, 6.07) is 0. The van der Waals surface area contributed by atoms with Crippen LogP contribution < -0.4 is 4.72 Å². The fraction of sp³-hybridized carbons (Fsp3) is 1.00. The molecule has 0 atom stereocenters. The van der Waals surface area contributed by atoms with Gasteiger partial charge in [-0.1, -0.05) is 69.7 Å². The van der Waals surface area contributed by atoms with Gasteiger partial charge in [-0.15, -0.1) is 4.33 Å². The largest absolute Gasteiger partial charge is 0.223 e. The maximum Gasteiger partial charge on any atom is 0.223 e. The van der Waals surface area contributed by atoms with Crippen LogP contribution in [0, 0.1) is 0 Å². The molecule has 0 heterocycles. The fourth-order valence-electron chi connectivity index (χ4n) is 1.99. The van der Waals surface area contributed by atoms with Gasteiger partial charge in [0, 0.05) is 6.54 Å². The first kappa shape index (κ1) is 21.1. The zero-order chi connectivity index (χ0) is 15.8. The van der Waals surface area contributed by atoms with Gasteiger partial charge in [0.15, 0.2) is 0 Å². The lowest BCUT2D eigenvalue weighted by atomic mass is 10.1. The monoisotopic (exact) mass is 343 g/mol. The van der Waals surface area contributed by atoms with E-state index in [1.807, 2.05) is 0 Å². The molecule has 6 nitrogen and oxygen atoms in total. The van der Waals surface area contributed by atoms with Crippen LogP contribution in [0.25, 0.3) is 0 Å². The molecular formula is C13H29NO5S2. The SMILES string of the molecule is CCCCCCCCCCCCNS(=O)(=O)CSOOO. The van der Waals surface area contributed by atoms with Gasteiger partial charge in [0.05, 0.1) is 12.0 Å². The Morgan fingerprint density at radius 3 is 2.00 bits per heavy atom. The molecule has 0 saturated carbocycles. The van der Waals surface area contributed by atoms with Gasteiger partial charge in [-0.2, -0.15) is 0 Å². The van der Waals surface area contributed by atoms with Crippen LogP contribution in [-0.2, 0) is 19.4 Å². The molecule has 8 heteroatoms. The second-order valence-electron chi connectivity index (χ2n) is 5.07. The minimum absolute atomic E-state index is 0.300. The molecule has 0 fully saturated rings. The van der Waals surface area contributed by atoms with E-state index in [1.165, 1.54) is 44.9 Å². The second kappa shape index (κ2) is 15.1. The van der Waals surface area contributed by atoms with Crippen molar-refractivity contribution in [2.75, 3.05) is 11.6 Å². The molecule has 0 aliphatic heterocycles. The molecule has 0 radical (unpaired) electrons. The molecule has 0 amide bonds. The summed E-state index contributed by atoms with van der Waals surface area (Å²) in [6.07, 6.45) is 12.2. The van der Waals surface area contributed by atoms with Gasteiger partial charge in [-0.25, -0.2) is 18.4 Å². The summed E-state index contributed by atoms with van der Waals surface area (Å²) in [4.78, 5) is 0. The van der Waals surface area contributed by atoms with Crippen molar-refractivity contribution in [3.63, 3.8) is 0 Å². The molecule has 0 aromatic rings. The second-order valence-corrected chi connectivity index (χ2v) is 7.90. The number of nitrogens with one attached hydrogen (secondary N) is 1. The highest BCUT2D eigenvalue weighted by Gasteiger charge is 2.10. The van der Waals surface area contributed by atoms with Crippen molar-refractivity contribution in [3.8, 4) is 0 Å². The lowest BCUT2D eigenvalue weighted by molar-refractivity contribution is -0.432. The van der Waals surface area contributed by atoms with Crippen molar-refractivity contribution >= 4 is 22.1 Å². The zero-order valence-electron chi connectivity index (χ0n) is 12.9. The van der Waals surface area contributed by atoms with Gasteiger partial charge in [0.1, 0.15) is 5.08 Å². The summed E-state index contributed by atoms with van der Waals surface area (Å²) in [6.45, 7) is 2.67. The summed E-state index contributed by atoms with van der Waals surface area (Å²) >= 11 is 0.520. The fourth-order valence-corrected chi connectivity index (χ4v) is 3.48. The number of unbranched alkanes of at least 4 members (excludes halogenated alkanes) is 9. The Morgan fingerprint density at radius 1 is 0.952 bits per heavy atom. The first-order chi connectivity index (χ1) is 10.1. The standard InChI is InChI=1S/C13H29NO5S2/c1-2-3-4-5-6-7-8-9-10-11-12-14-21(16,17)13-20-19-18-15/h14-15H,2-13H2,1H3. The highest BCUT2D eigenvalue weighted by Crippen LogP contribution is 2.10. The summed E-state index contributed by atoms with van der Waals surface area (Å²) in [5.41, 5.74) is 0. The summed E-state index contributed by atoms with van der Waals surface area (Å²) < 4.78 is 29.3. The third kappa shape index (κ3) is 16.3. The summed E-state index contributed by atoms with van der Waals surface area (Å²) in [7, 11) is -3.37. The van der Waals surface area contributed by atoms with E-state index < -0.39 is 10.0 Å². The van der Waals surface area contributed by atoms with Crippen molar-refractivity contribution in [1.29, 1.82) is 0 Å². The first-order valence-corrected chi connectivity index (χ1v) is 10.3. The molecule has 0 aliphatic rings. The van der Waals surface area contributed by atoms with Crippen molar-refractivity contribution in [2.24, 2.45) is 0 Å². The average molecular weight is 344 g/mol. The maximum atomic E-state index is 11.4. The Morgan fingerprint density at radius 2 is 1.48 bits per heavy atom. The molecule has 0 aromatic carbocycles. The Kier molecular flexibility index (Phi) is 15.2. The highest BCUT2D eigenvalue weighted by molar-refractivity contribution is 8.09. The van der Waals surface area contributed by atoms with E-state index in [0.717, 1.165) is 19.3 Å². The number of hydrogen-bond donors (Lipinski definition) is 2. The normalized spacial score (nSPS) is 11.9. The lowest BCUT2D eigenvalue weighted by Crippen LogP contribution is -2.26. The molecule has 0 aromatic heterocycles. The van der Waals surface area contributed by atoms with Gasteiger partial charge in [-0.05, 0) is 6.42 Å². The molecule has 0 spiro atoms. The first-order valence-electron chi connectivity index (χ1n) is 7.69. The minimum atomic E-state index is -3.37. The molecule has 128 valence electrons. The van der Waals surface area contributed by atoms with E-state index in [2.05, 4.69) is 21.0 Å².